The Labute approximate surface area is 120 Å². The molecule has 2 nitrogen and oxygen atoms in total. The molecule has 1 aliphatic rings. The molecule has 1 aliphatic heterocycles. The van der Waals surface area contributed by atoms with Crippen molar-refractivity contribution >= 4 is 34.8 Å². The van der Waals surface area contributed by atoms with Gasteiger partial charge in [0.15, 0.2) is 0 Å². The summed E-state index contributed by atoms with van der Waals surface area (Å²) in [5, 5.41) is 0. The summed E-state index contributed by atoms with van der Waals surface area (Å²) < 4.78 is 28.1. The molecule has 0 unspecified atom stereocenters. The summed E-state index contributed by atoms with van der Waals surface area (Å²) in [4.78, 5) is 5.95. The van der Waals surface area contributed by atoms with E-state index < -0.39 is 11.6 Å². The maximum absolute atomic E-state index is 14.1. The topological polar surface area (TPSA) is 15.6 Å². The van der Waals surface area contributed by atoms with E-state index in [0.29, 0.717) is 10.7 Å². The Balaban J connectivity index is 2.25. The van der Waals surface area contributed by atoms with Crippen molar-refractivity contribution in [2.24, 2.45) is 4.99 Å². The molecule has 0 bridgehead atoms. The average Bonchev–Trinajstić information content (AvgIpc) is 2.59. The molecule has 0 spiro atoms. The van der Waals surface area contributed by atoms with Crippen molar-refractivity contribution in [3.05, 3.63) is 59.7 Å². The van der Waals surface area contributed by atoms with Crippen molar-refractivity contribution in [3.8, 4) is 0 Å². The maximum atomic E-state index is 14.1. The van der Waals surface area contributed by atoms with E-state index in [0.717, 1.165) is 5.56 Å². The molecule has 2 aromatic carbocycles. The van der Waals surface area contributed by atoms with Gasteiger partial charge in [-0.15, -0.1) is 0 Å². The summed E-state index contributed by atoms with van der Waals surface area (Å²) in [6, 6.07) is 11.0. The summed E-state index contributed by atoms with van der Waals surface area (Å²) in [7, 11) is 0. The van der Waals surface area contributed by atoms with Crippen LogP contribution in [0.1, 0.15) is 5.56 Å². The zero-order valence-electron chi connectivity index (χ0n) is 10.4. The van der Waals surface area contributed by atoms with E-state index in [9.17, 15) is 8.78 Å². The number of benzodiazepines with no additional fused rings is 1. The first-order valence-corrected chi connectivity index (χ1v) is 6.45. The van der Waals surface area contributed by atoms with Crippen LogP contribution in [-0.4, -0.2) is 17.7 Å². The molecule has 0 atom stereocenters. The molecule has 0 aliphatic carbocycles. The highest BCUT2D eigenvalue weighted by molar-refractivity contribution is 7.80. The lowest BCUT2D eigenvalue weighted by Gasteiger charge is -2.25. The lowest BCUT2D eigenvalue weighted by atomic mass is 10.1. The molecule has 1 heterocycles. The van der Waals surface area contributed by atoms with E-state index in [-0.39, 0.29) is 12.2 Å². The number of thiocarbonyl (C=S) groups is 1. The molecular weight excluding hydrogens is 278 g/mol. The van der Waals surface area contributed by atoms with Crippen molar-refractivity contribution in [1.29, 1.82) is 0 Å². The van der Waals surface area contributed by atoms with Crippen molar-refractivity contribution in [3.63, 3.8) is 0 Å². The summed E-state index contributed by atoms with van der Waals surface area (Å²) in [6.45, 7) is 0.220. The number of hydrogen-bond acceptors (Lipinski definition) is 2. The van der Waals surface area contributed by atoms with Crippen molar-refractivity contribution in [2.75, 3.05) is 11.4 Å². The van der Waals surface area contributed by atoms with Gasteiger partial charge >= 0.3 is 0 Å². The normalized spacial score (nSPS) is 14.1. The second kappa shape index (κ2) is 5.09. The lowest BCUT2D eigenvalue weighted by Crippen LogP contribution is -2.27. The van der Waals surface area contributed by atoms with E-state index in [1.807, 2.05) is 12.1 Å². The highest BCUT2D eigenvalue weighted by Gasteiger charge is 2.24. The minimum absolute atomic E-state index is 0.157. The molecule has 0 fully saturated rings. The zero-order chi connectivity index (χ0) is 14.1. The number of rotatable bonds is 1. The second-order valence-corrected chi connectivity index (χ2v) is 4.80. The van der Waals surface area contributed by atoms with Gasteiger partial charge in [0.05, 0.1) is 12.2 Å². The maximum Gasteiger partial charge on any atom is 0.150 e. The van der Waals surface area contributed by atoms with Crippen LogP contribution >= 0.6 is 12.2 Å². The molecule has 0 aromatic heterocycles. The number of fused-ring (bicyclic) bond motifs is 1. The van der Waals surface area contributed by atoms with Gasteiger partial charge in [-0.2, -0.15) is 0 Å². The van der Waals surface area contributed by atoms with Gasteiger partial charge in [-0.05, 0) is 18.2 Å². The fourth-order valence-electron chi connectivity index (χ4n) is 2.18. The van der Waals surface area contributed by atoms with Crippen LogP contribution in [0.5, 0.6) is 0 Å². The lowest BCUT2D eigenvalue weighted by molar-refractivity contribution is 0.587. The first-order chi connectivity index (χ1) is 9.68. The largest absolute Gasteiger partial charge is 0.297 e. The van der Waals surface area contributed by atoms with Gasteiger partial charge < -0.3 is 0 Å². The first-order valence-electron chi connectivity index (χ1n) is 6.04. The quantitative estimate of drug-likeness (QED) is 0.740. The van der Waals surface area contributed by atoms with E-state index in [1.54, 1.807) is 18.3 Å². The fourth-order valence-corrected chi connectivity index (χ4v) is 2.44. The SMILES string of the molecule is Fc1cccc(F)c1N1C(=S)CN=Cc2ccccc21. The van der Waals surface area contributed by atoms with Gasteiger partial charge in [0.1, 0.15) is 22.3 Å². The predicted octanol–water partition coefficient (Wildman–Crippen LogP) is 3.86. The van der Waals surface area contributed by atoms with Gasteiger partial charge in [0.2, 0.25) is 0 Å². The van der Waals surface area contributed by atoms with Crippen molar-refractivity contribution < 1.29 is 8.78 Å². The van der Waals surface area contributed by atoms with E-state index in [1.165, 1.54) is 23.1 Å². The van der Waals surface area contributed by atoms with Crippen LogP contribution in [-0.2, 0) is 0 Å². The molecule has 0 saturated heterocycles. The Hall–Kier alpha value is -2.14. The van der Waals surface area contributed by atoms with E-state index in [4.69, 9.17) is 12.2 Å². The number of benzene rings is 2. The highest BCUT2D eigenvalue weighted by Crippen LogP contribution is 2.33. The van der Waals surface area contributed by atoms with Crippen LogP contribution in [0.4, 0.5) is 20.2 Å². The smallest absolute Gasteiger partial charge is 0.150 e. The monoisotopic (exact) mass is 288 g/mol. The summed E-state index contributed by atoms with van der Waals surface area (Å²) in [5.74, 6) is -1.30. The van der Waals surface area contributed by atoms with Crippen LogP contribution in [0, 0.1) is 11.6 Å². The Morgan fingerprint density at radius 3 is 2.45 bits per heavy atom. The van der Waals surface area contributed by atoms with Gasteiger partial charge in [0.25, 0.3) is 0 Å². The molecular formula is C15H10F2N2S. The molecule has 3 rings (SSSR count). The van der Waals surface area contributed by atoms with E-state index in [2.05, 4.69) is 4.99 Å². The average molecular weight is 288 g/mol. The number of aliphatic imine (C=N–C) groups is 1. The number of anilines is 2. The summed E-state index contributed by atoms with van der Waals surface area (Å²) >= 11 is 5.27. The van der Waals surface area contributed by atoms with Crippen LogP contribution in [0.15, 0.2) is 47.5 Å². The van der Waals surface area contributed by atoms with Crippen LogP contribution in [0.3, 0.4) is 0 Å². The third-order valence-corrected chi connectivity index (χ3v) is 3.36. The molecule has 20 heavy (non-hydrogen) atoms. The zero-order valence-corrected chi connectivity index (χ0v) is 11.2. The van der Waals surface area contributed by atoms with Crippen LogP contribution in [0.2, 0.25) is 0 Å². The Kier molecular flexibility index (Phi) is 3.28. The Morgan fingerprint density at radius 1 is 1.00 bits per heavy atom. The number of para-hydroxylation sites is 2. The number of halogens is 2. The Morgan fingerprint density at radius 2 is 1.70 bits per heavy atom. The number of hydrogen-bond donors (Lipinski definition) is 0. The Bertz CT molecular complexity index is 693. The van der Waals surface area contributed by atoms with Gasteiger partial charge in [-0.3, -0.25) is 9.89 Å². The fraction of sp³-hybridized carbons (Fsp3) is 0.0667. The third-order valence-electron chi connectivity index (χ3n) is 3.05. The van der Waals surface area contributed by atoms with Crippen LogP contribution < -0.4 is 4.90 Å². The van der Waals surface area contributed by atoms with Gasteiger partial charge in [-0.25, -0.2) is 8.78 Å². The molecule has 0 N–H and O–H groups in total. The predicted molar refractivity (Wildman–Crippen MR) is 80.0 cm³/mol. The molecule has 0 amide bonds. The second-order valence-electron chi connectivity index (χ2n) is 4.33. The minimum Gasteiger partial charge on any atom is -0.297 e. The molecule has 100 valence electrons. The summed E-state index contributed by atoms with van der Waals surface area (Å²) in [5.41, 5.74) is 1.24. The third kappa shape index (κ3) is 2.10. The highest BCUT2D eigenvalue weighted by atomic mass is 32.1. The van der Waals surface area contributed by atoms with Gasteiger partial charge in [0, 0.05) is 11.8 Å². The van der Waals surface area contributed by atoms with Crippen molar-refractivity contribution in [2.45, 2.75) is 0 Å². The first kappa shape index (κ1) is 12.9. The minimum atomic E-state index is -0.649. The molecule has 0 radical (unpaired) electrons. The number of nitrogens with zero attached hydrogens (tertiary/aromatic N) is 2. The molecule has 0 saturated carbocycles. The standard InChI is InChI=1S/C15H10F2N2S/c16-11-5-3-6-12(17)15(11)19-13-7-2-1-4-10(13)8-18-9-14(19)20/h1-8H,9H2. The summed E-state index contributed by atoms with van der Waals surface area (Å²) in [6.07, 6.45) is 1.67. The molecule has 2 aromatic rings. The van der Waals surface area contributed by atoms with Gasteiger partial charge in [-0.1, -0.05) is 36.5 Å². The van der Waals surface area contributed by atoms with Crippen LogP contribution in [0.25, 0.3) is 0 Å². The van der Waals surface area contributed by atoms with Crippen molar-refractivity contribution in [1.82, 2.24) is 0 Å². The molecule has 5 heteroatoms. The van der Waals surface area contributed by atoms with E-state index >= 15 is 0 Å².